The maximum absolute atomic E-state index is 11.8. The lowest BCUT2D eigenvalue weighted by molar-refractivity contribution is -0.314. The first-order valence-electron chi connectivity index (χ1n) is 9.50. The molecule has 1 saturated heterocycles. The van der Waals surface area contributed by atoms with Crippen molar-refractivity contribution < 1.29 is 39.4 Å². The fourth-order valence-electron chi connectivity index (χ4n) is 3.38. The number of aliphatic hydroxyl groups excluding tert-OH is 3. The SMILES string of the molecule is COC(=O)c1cccc(-c2ccc(O[C@H]3OC(CO)[C@@H](O)C(O)[C@]3(C)O)c(C)c2)c1. The maximum Gasteiger partial charge on any atom is 0.337 e. The summed E-state index contributed by atoms with van der Waals surface area (Å²) in [6.07, 6.45) is -5.41. The Hall–Kier alpha value is -2.49. The zero-order valence-corrected chi connectivity index (χ0v) is 17.0. The van der Waals surface area contributed by atoms with E-state index in [-0.39, 0.29) is 0 Å². The Morgan fingerprint density at radius 3 is 2.50 bits per heavy atom. The van der Waals surface area contributed by atoms with Gasteiger partial charge in [-0.3, -0.25) is 0 Å². The van der Waals surface area contributed by atoms with Gasteiger partial charge in [0.25, 0.3) is 0 Å². The molecule has 0 bridgehead atoms. The van der Waals surface area contributed by atoms with Crippen molar-refractivity contribution >= 4 is 5.97 Å². The molecular formula is C22H26O8. The Labute approximate surface area is 174 Å². The summed E-state index contributed by atoms with van der Waals surface area (Å²) < 4.78 is 16.0. The Bertz CT molecular complexity index is 910. The zero-order chi connectivity index (χ0) is 22.1. The highest BCUT2D eigenvalue weighted by Crippen LogP contribution is 2.34. The van der Waals surface area contributed by atoms with E-state index in [1.165, 1.54) is 14.0 Å². The number of methoxy groups -OCH3 is 1. The van der Waals surface area contributed by atoms with Crippen LogP contribution in [0.25, 0.3) is 11.1 Å². The van der Waals surface area contributed by atoms with E-state index in [1.54, 1.807) is 37.3 Å². The molecule has 0 aliphatic carbocycles. The maximum atomic E-state index is 11.8. The predicted octanol–water partition coefficient (Wildman–Crippen LogP) is 1.02. The molecule has 8 heteroatoms. The lowest BCUT2D eigenvalue weighted by Crippen LogP contribution is -2.66. The molecule has 4 N–H and O–H groups in total. The van der Waals surface area contributed by atoms with Gasteiger partial charge in [0.1, 0.15) is 24.1 Å². The normalized spacial score (nSPS) is 28.8. The summed E-state index contributed by atoms with van der Waals surface area (Å²) in [5.74, 6) is -0.0298. The van der Waals surface area contributed by atoms with Crippen molar-refractivity contribution in [2.75, 3.05) is 13.7 Å². The van der Waals surface area contributed by atoms with Gasteiger partial charge < -0.3 is 34.6 Å². The Balaban J connectivity index is 1.85. The minimum atomic E-state index is -1.90. The number of esters is 1. The average molecular weight is 418 g/mol. The number of aliphatic hydroxyl groups is 4. The topological polar surface area (TPSA) is 126 Å². The van der Waals surface area contributed by atoms with Crippen LogP contribution in [-0.2, 0) is 9.47 Å². The number of benzene rings is 2. The van der Waals surface area contributed by atoms with Crippen LogP contribution in [0.4, 0.5) is 0 Å². The number of carbonyl (C=O) groups is 1. The molecule has 1 aliphatic heterocycles. The number of hydrogen-bond donors (Lipinski definition) is 4. The number of aryl methyl sites for hydroxylation is 1. The van der Waals surface area contributed by atoms with E-state index in [4.69, 9.17) is 14.2 Å². The second-order valence-electron chi connectivity index (χ2n) is 7.52. The minimum absolute atomic E-state index is 0.397. The molecule has 5 atom stereocenters. The van der Waals surface area contributed by atoms with Crippen molar-refractivity contribution in [3.63, 3.8) is 0 Å². The van der Waals surface area contributed by atoms with Crippen molar-refractivity contribution in [3.8, 4) is 16.9 Å². The van der Waals surface area contributed by atoms with Crippen molar-refractivity contribution in [2.45, 2.75) is 44.1 Å². The molecule has 1 fully saturated rings. The molecular weight excluding hydrogens is 392 g/mol. The zero-order valence-electron chi connectivity index (χ0n) is 17.0. The van der Waals surface area contributed by atoms with E-state index in [0.29, 0.717) is 11.3 Å². The lowest BCUT2D eigenvalue weighted by Gasteiger charge is -2.45. The number of rotatable bonds is 5. The van der Waals surface area contributed by atoms with E-state index >= 15 is 0 Å². The summed E-state index contributed by atoms with van der Waals surface area (Å²) in [4.78, 5) is 11.8. The summed E-state index contributed by atoms with van der Waals surface area (Å²) in [5, 5.41) is 40.1. The molecule has 0 amide bonds. The summed E-state index contributed by atoms with van der Waals surface area (Å²) >= 11 is 0. The van der Waals surface area contributed by atoms with Crippen LogP contribution in [0.15, 0.2) is 42.5 Å². The van der Waals surface area contributed by atoms with Crippen LogP contribution in [0, 0.1) is 6.92 Å². The highest BCUT2D eigenvalue weighted by atomic mass is 16.7. The van der Waals surface area contributed by atoms with Gasteiger partial charge in [0.2, 0.25) is 6.29 Å². The first kappa shape index (κ1) is 22.2. The fourth-order valence-corrected chi connectivity index (χ4v) is 3.38. The van der Waals surface area contributed by atoms with Crippen molar-refractivity contribution in [1.82, 2.24) is 0 Å². The van der Waals surface area contributed by atoms with E-state index in [2.05, 4.69) is 0 Å². The molecule has 0 spiro atoms. The molecule has 0 aromatic heterocycles. The van der Waals surface area contributed by atoms with Gasteiger partial charge in [-0.15, -0.1) is 0 Å². The second-order valence-corrected chi connectivity index (χ2v) is 7.52. The first-order valence-corrected chi connectivity index (χ1v) is 9.50. The molecule has 2 unspecified atom stereocenters. The van der Waals surface area contributed by atoms with Gasteiger partial charge in [0, 0.05) is 0 Å². The van der Waals surface area contributed by atoms with Crippen molar-refractivity contribution in [1.29, 1.82) is 0 Å². The van der Waals surface area contributed by atoms with E-state index in [9.17, 15) is 25.2 Å². The summed E-state index contributed by atoms with van der Waals surface area (Å²) in [6, 6.07) is 12.3. The summed E-state index contributed by atoms with van der Waals surface area (Å²) in [7, 11) is 1.32. The number of carbonyl (C=O) groups excluding carboxylic acids is 1. The van der Waals surface area contributed by atoms with Gasteiger partial charge in [-0.1, -0.05) is 18.2 Å². The quantitative estimate of drug-likeness (QED) is 0.531. The van der Waals surface area contributed by atoms with Crippen LogP contribution >= 0.6 is 0 Å². The van der Waals surface area contributed by atoms with Crippen molar-refractivity contribution in [3.05, 3.63) is 53.6 Å². The molecule has 2 aromatic rings. The van der Waals surface area contributed by atoms with Gasteiger partial charge in [-0.05, 0) is 54.8 Å². The van der Waals surface area contributed by atoms with Crippen LogP contribution in [0.3, 0.4) is 0 Å². The highest BCUT2D eigenvalue weighted by molar-refractivity contribution is 5.91. The third-order valence-corrected chi connectivity index (χ3v) is 5.28. The highest BCUT2D eigenvalue weighted by Gasteiger charge is 2.53. The van der Waals surface area contributed by atoms with Gasteiger partial charge in [-0.2, -0.15) is 0 Å². The van der Waals surface area contributed by atoms with Crippen LogP contribution in [0.2, 0.25) is 0 Å². The van der Waals surface area contributed by atoms with Crippen LogP contribution in [0.1, 0.15) is 22.8 Å². The predicted molar refractivity (Wildman–Crippen MR) is 107 cm³/mol. The first-order chi connectivity index (χ1) is 14.2. The van der Waals surface area contributed by atoms with Gasteiger partial charge in [0.05, 0.1) is 19.3 Å². The van der Waals surface area contributed by atoms with Gasteiger partial charge >= 0.3 is 5.97 Å². The molecule has 0 radical (unpaired) electrons. The van der Waals surface area contributed by atoms with E-state index in [0.717, 1.165) is 16.7 Å². The number of hydrogen-bond acceptors (Lipinski definition) is 8. The van der Waals surface area contributed by atoms with Crippen LogP contribution < -0.4 is 4.74 Å². The van der Waals surface area contributed by atoms with Crippen LogP contribution in [-0.4, -0.2) is 70.3 Å². The molecule has 3 rings (SSSR count). The molecule has 162 valence electrons. The van der Waals surface area contributed by atoms with Crippen molar-refractivity contribution in [2.24, 2.45) is 0 Å². The summed E-state index contributed by atoms with van der Waals surface area (Å²) in [6.45, 7) is 2.55. The standard InChI is InChI=1S/C22H26O8/c1-12-9-14(13-5-4-6-15(10-13)20(26)28-3)7-8-16(12)29-21-22(2,27)19(25)18(24)17(11-23)30-21/h4-10,17-19,21,23-25,27H,11H2,1-3H3/t17?,18-,19?,21+,22+/m1/s1. The largest absolute Gasteiger partial charge is 0.465 e. The monoisotopic (exact) mass is 418 g/mol. The van der Waals surface area contributed by atoms with E-state index in [1.807, 2.05) is 12.1 Å². The Morgan fingerprint density at radius 2 is 1.87 bits per heavy atom. The molecule has 8 nitrogen and oxygen atoms in total. The molecule has 0 saturated carbocycles. The second kappa shape index (κ2) is 8.71. The van der Waals surface area contributed by atoms with E-state index < -0.39 is 42.8 Å². The smallest absolute Gasteiger partial charge is 0.337 e. The average Bonchev–Trinajstić information content (AvgIpc) is 2.75. The third-order valence-electron chi connectivity index (χ3n) is 5.28. The van der Waals surface area contributed by atoms with Gasteiger partial charge in [0.15, 0.2) is 5.60 Å². The van der Waals surface area contributed by atoms with Crippen LogP contribution in [0.5, 0.6) is 5.75 Å². The molecule has 30 heavy (non-hydrogen) atoms. The molecule has 1 heterocycles. The molecule has 1 aliphatic rings. The summed E-state index contributed by atoms with van der Waals surface area (Å²) in [5.41, 5.74) is 0.905. The fraction of sp³-hybridized carbons (Fsp3) is 0.409. The Kier molecular flexibility index (Phi) is 6.44. The third kappa shape index (κ3) is 4.19. The Morgan fingerprint density at radius 1 is 1.17 bits per heavy atom. The number of ether oxygens (including phenoxy) is 3. The lowest BCUT2D eigenvalue weighted by atomic mass is 9.88. The molecule has 2 aromatic carbocycles. The minimum Gasteiger partial charge on any atom is -0.465 e. The van der Waals surface area contributed by atoms with Gasteiger partial charge in [-0.25, -0.2) is 4.79 Å².